The van der Waals surface area contributed by atoms with Gasteiger partial charge in [0.15, 0.2) is 12.4 Å². The molecule has 10 nitrogen and oxygen atoms in total. The standard InChI is InChI=1S/C49H84O10/c1-3-5-7-9-11-13-15-17-19-20-21-22-24-25-27-29-31-33-35-37-44(51)56-40-42(41-57-49-48(55)47(54)46(53)43(39-50)59-49)58-45(52)38-36-34-32-30-28-26-23-18-16-14-12-10-8-6-4-2/h11,13,17,19,21-22,25,27,32,34,42-43,46-50,53-55H,3-10,12,14-16,18,20,23-24,26,28-31,33,35-41H2,1-2H3/b13-11+,19-17+,22-21+,27-25+,34-32+/t42-,43-,46+,47?,48?,49-/m0/s1. The zero-order valence-corrected chi connectivity index (χ0v) is 37.0. The monoisotopic (exact) mass is 833 g/mol. The van der Waals surface area contributed by atoms with Crippen molar-refractivity contribution in [1.29, 1.82) is 0 Å². The molecule has 2 unspecified atom stereocenters. The number of hydrogen-bond donors (Lipinski definition) is 4. The molecule has 1 saturated heterocycles. The summed E-state index contributed by atoms with van der Waals surface area (Å²) in [7, 11) is 0. The van der Waals surface area contributed by atoms with Crippen LogP contribution in [0.4, 0.5) is 0 Å². The van der Waals surface area contributed by atoms with Crippen LogP contribution in [0.3, 0.4) is 0 Å². The average molecular weight is 833 g/mol. The molecule has 0 bridgehead atoms. The third kappa shape index (κ3) is 31.0. The summed E-state index contributed by atoms with van der Waals surface area (Å²) in [5, 5.41) is 40.1. The minimum Gasteiger partial charge on any atom is -0.462 e. The highest BCUT2D eigenvalue weighted by Crippen LogP contribution is 2.22. The van der Waals surface area contributed by atoms with E-state index in [2.05, 4.69) is 68.5 Å². The zero-order valence-electron chi connectivity index (χ0n) is 37.0. The lowest BCUT2D eigenvalue weighted by molar-refractivity contribution is -0.305. The fourth-order valence-corrected chi connectivity index (χ4v) is 6.66. The molecule has 1 heterocycles. The van der Waals surface area contributed by atoms with Gasteiger partial charge in [-0.25, -0.2) is 0 Å². The molecule has 0 spiro atoms. The van der Waals surface area contributed by atoms with Crippen molar-refractivity contribution in [3.8, 4) is 0 Å². The Morgan fingerprint density at radius 2 is 0.983 bits per heavy atom. The van der Waals surface area contributed by atoms with E-state index >= 15 is 0 Å². The lowest BCUT2D eigenvalue weighted by atomic mass is 9.99. The maximum atomic E-state index is 12.7. The second-order valence-electron chi connectivity index (χ2n) is 15.8. The average Bonchev–Trinajstić information content (AvgIpc) is 3.23. The number of unbranched alkanes of at least 4 members (excludes halogenated alkanes) is 17. The van der Waals surface area contributed by atoms with Crippen molar-refractivity contribution in [1.82, 2.24) is 0 Å². The molecule has 1 aliphatic rings. The van der Waals surface area contributed by atoms with E-state index in [1.807, 2.05) is 6.08 Å². The number of hydrogen-bond acceptors (Lipinski definition) is 10. The van der Waals surface area contributed by atoms with Gasteiger partial charge in [-0.2, -0.15) is 0 Å². The molecule has 0 saturated carbocycles. The molecule has 340 valence electrons. The largest absolute Gasteiger partial charge is 0.462 e. The highest BCUT2D eigenvalue weighted by atomic mass is 16.7. The first-order chi connectivity index (χ1) is 28.8. The highest BCUT2D eigenvalue weighted by molar-refractivity contribution is 5.70. The number of carbonyl (C=O) groups excluding carboxylic acids is 2. The molecule has 10 heteroatoms. The van der Waals surface area contributed by atoms with E-state index in [1.54, 1.807) is 0 Å². The van der Waals surface area contributed by atoms with Gasteiger partial charge in [0.05, 0.1) is 13.2 Å². The summed E-state index contributed by atoms with van der Waals surface area (Å²) in [6.07, 6.45) is 40.9. The normalized spacial score (nSPS) is 20.5. The quantitative estimate of drug-likeness (QED) is 0.0269. The van der Waals surface area contributed by atoms with Crippen LogP contribution in [0.1, 0.15) is 181 Å². The number of aliphatic hydroxyl groups is 4. The lowest BCUT2D eigenvalue weighted by Crippen LogP contribution is -2.59. The van der Waals surface area contributed by atoms with E-state index in [0.29, 0.717) is 12.8 Å². The minimum absolute atomic E-state index is 0.138. The number of rotatable bonds is 38. The second kappa shape index (κ2) is 39.5. The van der Waals surface area contributed by atoms with Crippen LogP contribution < -0.4 is 0 Å². The first-order valence-electron chi connectivity index (χ1n) is 23.4. The van der Waals surface area contributed by atoms with E-state index in [9.17, 15) is 30.0 Å². The van der Waals surface area contributed by atoms with Crippen LogP contribution in [0.5, 0.6) is 0 Å². The summed E-state index contributed by atoms with van der Waals surface area (Å²) in [5.41, 5.74) is 0. The SMILES string of the molecule is CCCCC/C=C/C/C=C/C/C=C/C/C=C/CCCCCC(=O)OC[C@@H](CO[C@H]1O[C@@H](CO)[C@@H](O)C(O)C1O)OC(=O)CC/C=C/CCCCCCCCCCCCC. The third-order valence-corrected chi connectivity index (χ3v) is 10.4. The Kier molecular flexibility index (Phi) is 36.5. The van der Waals surface area contributed by atoms with Gasteiger partial charge >= 0.3 is 11.9 Å². The van der Waals surface area contributed by atoms with Gasteiger partial charge in [-0.1, -0.05) is 158 Å². The molecule has 0 aromatic rings. The van der Waals surface area contributed by atoms with E-state index < -0.39 is 55.4 Å². The lowest BCUT2D eigenvalue weighted by Gasteiger charge is -2.39. The summed E-state index contributed by atoms with van der Waals surface area (Å²) in [6, 6.07) is 0. The summed E-state index contributed by atoms with van der Waals surface area (Å²) >= 11 is 0. The maximum Gasteiger partial charge on any atom is 0.306 e. The van der Waals surface area contributed by atoms with Crippen LogP contribution in [-0.2, 0) is 28.5 Å². The Morgan fingerprint density at radius 3 is 1.54 bits per heavy atom. The van der Waals surface area contributed by atoms with Gasteiger partial charge in [-0.15, -0.1) is 0 Å². The van der Waals surface area contributed by atoms with Gasteiger partial charge in [0.1, 0.15) is 31.0 Å². The number of ether oxygens (including phenoxy) is 4. The zero-order chi connectivity index (χ0) is 43.0. The molecule has 4 N–H and O–H groups in total. The predicted molar refractivity (Wildman–Crippen MR) is 238 cm³/mol. The van der Waals surface area contributed by atoms with E-state index in [4.69, 9.17) is 18.9 Å². The van der Waals surface area contributed by atoms with E-state index in [0.717, 1.165) is 51.4 Å². The molecule has 0 aliphatic carbocycles. The topological polar surface area (TPSA) is 152 Å². The number of esters is 2. The fraction of sp³-hybridized carbons (Fsp3) is 0.755. The Bertz CT molecular complexity index is 1150. The van der Waals surface area contributed by atoms with Crippen molar-refractivity contribution in [2.45, 2.75) is 218 Å². The van der Waals surface area contributed by atoms with Crippen LogP contribution in [0.15, 0.2) is 60.8 Å². The van der Waals surface area contributed by atoms with Crippen molar-refractivity contribution in [3.05, 3.63) is 60.8 Å². The molecule has 59 heavy (non-hydrogen) atoms. The first-order valence-corrected chi connectivity index (χ1v) is 23.4. The molecular formula is C49H84O10. The molecular weight excluding hydrogens is 749 g/mol. The van der Waals surface area contributed by atoms with E-state index in [1.165, 1.54) is 89.9 Å². The van der Waals surface area contributed by atoms with Crippen LogP contribution >= 0.6 is 0 Å². The molecule has 0 radical (unpaired) electrons. The Balaban J connectivity index is 2.36. The van der Waals surface area contributed by atoms with Gasteiger partial charge in [0.2, 0.25) is 0 Å². The summed E-state index contributed by atoms with van der Waals surface area (Å²) < 4.78 is 22.1. The molecule has 0 aromatic carbocycles. The second-order valence-corrected chi connectivity index (χ2v) is 15.8. The summed E-state index contributed by atoms with van der Waals surface area (Å²) in [6.45, 7) is 3.32. The van der Waals surface area contributed by atoms with Crippen molar-refractivity contribution in [3.63, 3.8) is 0 Å². The number of aliphatic hydroxyl groups excluding tert-OH is 4. The van der Waals surface area contributed by atoms with Crippen LogP contribution in [0.25, 0.3) is 0 Å². The molecule has 6 atom stereocenters. The molecule has 1 fully saturated rings. The number of carbonyl (C=O) groups is 2. The summed E-state index contributed by atoms with van der Waals surface area (Å²) in [4.78, 5) is 25.3. The van der Waals surface area contributed by atoms with Crippen molar-refractivity contribution < 1.29 is 49.0 Å². The van der Waals surface area contributed by atoms with Crippen molar-refractivity contribution in [2.75, 3.05) is 19.8 Å². The molecule has 0 aromatic heterocycles. The smallest absolute Gasteiger partial charge is 0.306 e. The summed E-state index contributed by atoms with van der Waals surface area (Å²) in [5.74, 6) is -0.901. The fourth-order valence-electron chi connectivity index (χ4n) is 6.66. The van der Waals surface area contributed by atoms with Gasteiger partial charge in [0, 0.05) is 12.8 Å². The first kappa shape index (κ1) is 54.4. The molecule has 1 aliphatic heterocycles. The van der Waals surface area contributed by atoms with Crippen LogP contribution in [0, 0.1) is 0 Å². The maximum absolute atomic E-state index is 12.7. The van der Waals surface area contributed by atoms with Crippen LogP contribution in [0.2, 0.25) is 0 Å². The number of allylic oxidation sites excluding steroid dienone is 10. The minimum atomic E-state index is -1.61. The van der Waals surface area contributed by atoms with Gasteiger partial charge in [-0.05, 0) is 70.6 Å². The van der Waals surface area contributed by atoms with E-state index in [-0.39, 0.29) is 26.1 Å². The Hall–Kier alpha value is -2.60. The molecule has 1 rings (SSSR count). The third-order valence-electron chi connectivity index (χ3n) is 10.4. The van der Waals surface area contributed by atoms with Crippen molar-refractivity contribution in [2.24, 2.45) is 0 Å². The Labute approximate surface area is 358 Å². The van der Waals surface area contributed by atoms with Gasteiger partial charge < -0.3 is 39.4 Å². The van der Waals surface area contributed by atoms with Gasteiger partial charge in [-0.3, -0.25) is 9.59 Å². The van der Waals surface area contributed by atoms with Gasteiger partial charge in [0.25, 0.3) is 0 Å². The highest BCUT2D eigenvalue weighted by Gasteiger charge is 2.44. The Morgan fingerprint density at radius 1 is 0.525 bits per heavy atom. The molecule has 0 amide bonds. The van der Waals surface area contributed by atoms with Crippen molar-refractivity contribution >= 4 is 11.9 Å². The predicted octanol–water partition coefficient (Wildman–Crippen LogP) is 10.2. The van der Waals surface area contributed by atoms with Crippen LogP contribution in [-0.4, -0.2) is 89.0 Å².